The predicted octanol–water partition coefficient (Wildman–Crippen LogP) is -0.338. The summed E-state index contributed by atoms with van der Waals surface area (Å²) >= 11 is 0. The molecular weight excluding hydrogens is 175 g/mol. The van der Waals surface area contributed by atoms with Gasteiger partial charge >= 0.3 is 0 Å². The Morgan fingerprint density at radius 3 is 2.08 bits per heavy atom. The second kappa shape index (κ2) is 3.05. The Morgan fingerprint density at radius 1 is 1.33 bits per heavy atom. The number of rotatable bonds is 1. The first-order valence-electron chi connectivity index (χ1n) is 3.64. The van der Waals surface area contributed by atoms with Gasteiger partial charge in [-0.05, 0) is 0 Å². The summed E-state index contributed by atoms with van der Waals surface area (Å²) in [6, 6.07) is 0. The van der Waals surface area contributed by atoms with Crippen LogP contribution in [0.25, 0.3) is 0 Å². The molecule has 0 amide bonds. The molecule has 0 saturated carbocycles. The SMILES string of the molecule is CN1CCN(C)C1=NP(=N)(N)N. The minimum Gasteiger partial charge on any atom is -0.344 e. The van der Waals surface area contributed by atoms with Gasteiger partial charge in [0, 0.05) is 27.2 Å². The number of hydrogen-bond donors (Lipinski definition) is 3. The number of nitrogens with zero attached hydrogens (tertiary/aromatic N) is 3. The minimum atomic E-state index is -2.78. The first kappa shape index (κ1) is 9.51. The summed E-state index contributed by atoms with van der Waals surface area (Å²) in [6.45, 7) is 1.82. The Hall–Kier alpha value is -0.580. The molecule has 1 fully saturated rings. The molecule has 0 aliphatic carbocycles. The van der Waals surface area contributed by atoms with Gasteiger partial charge in [-0.2, -0.15) is 4.76 Å². The van der Waals surface area contributed by atoms with E-state index in [1.807, 2.05) is 23.9 Å². The summed E-state index contributed by atoms with van der Waals surface area (Å²) < 4.78 is 3.97. The topological polar surface area (TPSA) is 94.7 Å². The Labute approximate surface area is 72.2 Å². The van der Waals surface area contributed by atoms with Crippen molar-refractivity contribution in [3.63, 3.8) is 0 Å². The van der Waals surface area contributed by atoms with Crippen LogP contribution in [0.3, 0.4) is 0 Å². The van der Waals surface area contributed by atoms with Crippen molar-refractivity contribution in [2.45, 2.75) is 0 Å². The molecule has 0 aromatic rings. The highest BCUT2D eigenvalue weighted by atomic mass is 31.2. The van der Waals surface area contributed by atoms with Gasteiger partial charge in [0.2, 0.25) is 13.5 Å². The van der Waals surface area contributed by atoms with Crippen molar-refractivity contribution in [3.8, 4) is 0 Å². The number of guanidine groups is 1. The average Bonchev–Trinajstić information content (AvgIpc) is 2.16. The average molecular weight is 190 g/mol. The van der Waals surface area contributed by atoms with Gasteiger partial charge in [0.25, 0.3) is 0 Å². The molecule has 0 bridgehead atoms. The fraction of sp³-hybridized carbons (Fsp3) is 0.800. The fourth-order valence-electron chi connectivity index (χ4n) is 1.09. The Balaban J connectivity index is 2.86. The van der Waals surface area contributed by atoms with Crippen LogP contribution in [-0.4, -0.2) is 42.9 Å². The van der Waals surface area contributed by atoms with Gasteiger partial charge in [-0.1, -0.05) is 0 Å². The molecule has 1 rings (SSSR count). The second-order valence-corrected chi connectivity index (χ2v) is 4.66. The quantitative estimate of drug-likeness (QED) is 0.493. The lowest BCUT2D eigenvalue weighted by molar-refractivity contribution is 0.553. The van der Waals surface area contributed by atoms with Crippen LogP contribution in [-0.2, 0) is 0 Å². The first-order valence-corrected chi connectivity index (χ1v) is 5.52. The normalized spacial score (nSPS) is 18.8. The van der Waals surface area contributed by atoms with E-state index in [-0.39, 0.29) is 0 Å². The van der Waals surface area contributed by atoms with E-state index in [0.29, 0.717) is 0 Å². The van der Waals surface area contributed by atoms with Crippen molar-refractivity contribution >= 4 is 13.5 Å². The number of nitrogens with two attached hydrogens (primary N) is 2. The molecule has 0 unspecified atom stereocenters. The third-order valence-corrected chi connectivity index (χ3v) is 2.22. The van der Waals surface area contributed by atoms with E-state index in [1.54, 1.807) is 0 Å². The lowest BCUT2D eigenvalue weighted by Crippen LogP contribution is -2.29. The van der Waals surface area contributed by atoms with Crippen molar-refractivity contribution in [2.75, 3.05) is 27.2 Å². The summed E-state index contributed by atoms with van der Waals surface area (Å²) in [7, 11) is 1.04. The van der Waals surface area contributed by atoms with Gasteiger partial charge in [-0.3, -0.25) is 16.2 Å². The van der Waals surface area contributed by atoms with Crippen LogP contribution in [0.1, 0.15) is 0 Å². The lowest BCUT2D eigenvalue weighted by atomic mass is 10.6. The Morgan fingerprint density at radius 2 is 1.75 bits per heavy atom. The van der Waals surface area contributed by atoms with Crippen LogP contribution in [0.2, 0.25) is 0 Å². The van der Waals surface area contributed by atoms with Crippen molar-refractivity contribution in [2.24, 2.45) is 15.8 Å². The van der Waals surface area contributed by atoms with Crippen LogP contribution in [0.5, 0.6) is 0 Å². The Kier molecular flexibility index (Phi) is 2.41. The van der Waals surface area contributed by atoms with Gasteiger partial charge in [0.05, 0.1) is 0 Å². The molecule has 0 aromatic carbocycles. The van der Waals surface area contributed by atoms with Gasteiger partial charge in [0.15, 0.2) is 0 Å². The van der Waals surface area contributed by atoms with E-state index in [1.165, 1.54) is 0 Å². The van der Waals surface area contributed by atoms with E-state index < -0.39 is 7.51 Å². The maximum Gasteiger partial charge on any atom is 0.203 e. The van der Waals surface area contributed by atoms with E-state index in [2.05, 4.69) is 4.76 Å². The summed E-state index contributed by atoms with van der Waals surface area (Å²) in [5.41, 5.74) is 10.7. The highest BCUT2D eigenvalue weighted by molar-refractivity contribution is 7.59. The molecule has 1 heterocycles. The third kappa shape index (κ3) is 2.20. The Bertz CT molecular complexity index is 230. The van der Waals surface area contributed by atoms with Crippen LogP contribution in [0, 0.1) is 5.16 Å². The maximum absolute atomic E-state index is 7.30. The molecule has 0 radical (unpaired) electrons. The van der Waals surface area contributed by atoms with Crippen molar-refractivity contribution in [3.05, 3.63) is 0 Å². The molecule has 1 aliphatic heterocycles. The van der Waals surface area contributed by atoms with Gasteiger partial charge in [-0.15, -0.1) is 0 Å². The van der Waals surface area contributed by atoms with Crippen LogP contribution < -0.4 is 11.0 Å². The monoisotopic (exact) mass is 190 g/mol. The van der Waals surface area contributed by atoms with E-state index >= 15 is 0 Å². The standard InChI is InChI=1S/C5H15N6P/c1-10-3-4-11(2)5(10)9-12(6,7)8/h3-4H2,1-2H3,(H5,6,7,8). The molecule has 0 aromatic heterocycles. The predicted molar refractivity (Wildman–Crippen MR) is 50.7 cm³/mol. The zero-order valence-corrected chi connectivity index (χ0v) is 8.25. The maximum atomic E-state index is 7.30. The van der Waals surface area contributed by atoms with E-state index in [9.17, 15) is 0 Å². The molecule has 6 nitrogen and oxygen atoms in total. The first-order chi connectivity index (χ1) is 5.40. The zero-order chi connectivity index (χ0) is 9.35. The van der Waals surface area contributed by atoms with Crippen LogP contribution >= 0.6 is 7.51 Å². The molecule has 0 spiro atoms. The number of likely N-dealkylation sites (N-methyl/N-ethyl adjacent to an activating group) is 2. The molecule has 1 saturated heterocycles. The van der Waals surface area contributed by atoms with Gasteiger partial charge in [-0.25, -0.2) is 0 Å². The van der Waals surface area contributed by atoms with Crippen molar-refractivity contribution in [1.29, 1.82) is 5.16 Å². The highest BCUT2D eigenvalue weighted by Crippen LogP contribution is 2.29. The van der Waals surface area contributed by atoms with Gasteiger partial charge < -0.3 is 9.80 Å². The third-order valence-electron chi connectivity index (χ3n) is 1.71. The van der Waals surface area contributed by atoms with Crippen molar-refractivity contribution in [1.82, 2.24) is 9.80 Å². The summed E-state index contributed by atoms with van der Waals surface area (Å²) in [4.78, 5) is 3.89. The summed E-state index contributed by atoms with van der Waals surface area (Å²) in [6.07, 6.45) is 0. The molecule has 1 aliphatic rings. The van der Waals surface area contributed by atoms with E-state index in [4.69, 9.17) is 16.2 Å². The molecule has 12 heavy (non-hydrogen) atoms. The number of nitrogens with one attached hydrogen (secondary N) is 1. The largest absolute Gasteiger partial charge is 0.344 e. The van der Waals surface area contributed by atoms with Crippen molar-refractivity contribution < 1.29 is 0 Å². The minimum absolute atomic E-state index is 0.725. The molecule has 5 N–H and O–H groups in total. The second-order valence-electron chi connectivity index (χ2n) is 2.98. The smallest absolute Gasteiger partial charge is 0.203 e. The highest BCUT2D eigenvalue weighted by Gasteiger charge is 2.21. The lowest BCUT2D eigenvalue weighted by Gasteiger charge is -2.17. The molecule has 0 atom stereocenters. The van der Waals surface area contributed by atoms with Crippen LogP contribution in [0.15, 0.2) is 4.76 Å². The van der Waals surface area contributed by atoms with Gasteiger partial charge in [0.1, 0.15) is 0 Å². The van der Waals surface area contributed by atoms with Crippen LogP contribution in [0.4, 0.5) is 0 Å². The fourth-order valence-corrected chi connectivity index (χ4v) is 1.69. The summed E-state index contributed by atoms with van der Waals surface area (Å²) in [5, 5.41) is 7.30. The zero-order valence-electron chi connectivity index (χ0n) is 7.36. The number of hydrogen-bond acceptors (Lipinski definition) is 1. The molecule has 70 valence electrons. The summed E-state index contributed by atoms with van der Waals surface area (Å²) in [5.74, 6) is 0.725. The van der Waals surface area contributed by atoms with E-state index in [0.717, 1.165) is 19.0 Å². The molecular formula is C5H15N6P. The molecule has 7 heteroatoms.